The Morgan fingerprint density at radius 2 is 1.24 bits per heavy atom. The van der Waals surface area contributed by atoms with Crippen molar-refractivity contribution in [1.82, 2.24) is 0 Å². The summed E-state index contributed by atoms with van der Waals surface area (Å²) >= 11 is 1.85. The molecular weight excluding hydrogens is 359 g/mol. The van der Waals surface area contributed by atoms with Crippen molar-refractivity contribution < 1.29 is 5.11 Å². The molecule has 0 fully saturated rings. The summed E-state index contributed by atoms with van der Waals surface area (Å²) in [4.78, 5) is 1.01. The summed E-state index contributed by atoms with van der Waals surface area (Å²) in [6.07, 6.45) is 0. The first-order chi connectivity index (χ1) is 12.0. The van der Waals surface area contributed by atoms with E-state index in [2.05, 4.69) is 80.3 Å². The molecule has 3 aromatic rings. The van der Waals surface area contributed by atoms with Gasteiger partial charge in [-0.05, 0) is 24.6 Å². The molecule has 25 heavy (non-hydrogen) atoms. The molecule has 4 heteroatoms. The van der Waals surface area contributed by atoms with Crippen LogP contribution >= 0.6 is 19.1 Å². The van der Waals surface area contributed by atoms with Gasteiger partial charge in [0.15, 0.2) is 0 Å². The normalized spacial score (nSPS) is 11.7. The highest BCUT2D eigenvalue weighted by Gasteiger charge is 2.23. The van der Waals surface area contributed by atoms with Crippen molar-refractivity contribution in [3.63, 3.8) is 0 Å². The Kier molecular flexibility index (Phi) is 5.68. The van der Waals surface area contributed by atoms with Gasteiger partial charge >= 0.3 is 0 Å². The highest BCUT2D eigenvalue weighted by molar-refractivity contribution is 8.28. The van der Waals surface area contributed by atoms with Gasteiger partial charge in [0.2, 0.25) is 0 Å². The molecule has 0 aliphatic heterocycles. The summed E-state index contributed by atoms with van der Waals surface area (Å²) in [5.41, 5.74) is 0. The molecule has 0 saturated heterocycles. The van der Waals surface area contributed by atoms with E-state index in [1.165, 1.54) is 10.6 Å². The van der Waals surface area contributed by atoms with Crippen molar-refractivity contribution in [3.05, 3.63) is 78.9 Å². The summed E-state index contributed by atoms with van der Waals surface area (Å²) in [6, 6.07) is 27.2. The van der Waals surface area contributed by atoms with E-state index in [1.807, 2.05) is 29.4 Å². The van der Waals surface area contributed by atoms with E-state index in [9.17, 15) is 5.11 Å². The first kappa shape index (κ1) is 18.3. The number of hydrogen-bond donors (Lipinski definition) is 1. The highest BCUT2D eigenvalue weighted by atomic mass is 32.4. The molecule has 3 rings (SSSR count). The summed E-state index contributed by atoms with van der Waals surface area (Å²) in [7, 11) is -2.15. The van der Waals surface area contributed by atoms with Gasteiger partial charge in [0.25, 0.3) is 0 Å². The third kappa shape index (κ3) is 4.55. The van der Waals surface area contributed by atoms with Gasteiger partial charge in [-0.25, -0.2) is 0 Å². The van der Waals surface area contributed by atoms with Crippen molar-refractivity contribution in [3.8, 4) is 5.75 Å². The Hall–Kier alpha value is -1.54. The second-order valence-electron chi connectivity index (χ2n) is 6.84. The van der Waals surface area contributed by atoms with Crippen LogP contribution in [0.15, 0.2) is 83.8 Å². The third-order valence-corrected chi connectivity index (χ3v) is 9.79. The predicted octanol–water partition coefficient (Wildman–Crippen LogP) is 5.08. The zero-order valence-electron chi connectivity index (χ0n) is 14.8. The van der Waals surface area contributed by atoms with Crippen molar-refractivity contribution in [1.29, 1.82) is 0 Å². The van der Waals surface area contributed by atoms with E-state index >= 15 is 0 Å². The largest absolute Gasteiger partial charge is 0.506 e. The highest BCUT2D eigenvalue weighted by Crippen LogP contribution is 2.41. The van der Waals surface area contributed by atoms with Crippen LogP contribution in [0, 0.1) is 0 Å². The molecule has 0 aliphatic rings. The third-order valence-electron chi connectivity index (χ3n) is 3.66. The maximum Gasteiger partial charge on any atom is 0.136 e. The Labute approximate surface area is 156 Å². The number of benzene rings is 3. The van der Waals surface area contributed by atoms with Gasteiger partial charge in [-0.3, -0.25) is 0 Å². The minimum absolute atomic E-state index is 0.453. The molecule has 0 radical (unpaired) electrons. The maximum absolute atomic E-state index is 11.1. The molecule has 0 bridgehead atoms. The van der Waals surface area contributed by atoms with Crippen LogP contribution in [0.3, 0.4) is 0 Å². The van der Waals surface area contributed by atoms with Crippen LogP contribution in [0.1, 0.15) is 0 Å². The van der Waals surface area contributed by atoms with Gasteiger partial charge in [-0.15, -0.1) is 11.2 Å². The number of aromatic hydroxyl groups is 1. The zero-order chi connectivity index (χ0) is 17.9. The molecular formula is C21H23OPSSi. The lowest BCUT2D eigenvalue weighted by Gasteiger charge is -2.23. The molecule has 0 aliphatic carbocycles. The van der Waals surface area contributed by atoms with Crippen LogP contribution in [0.2, 0.25) is 19.6 Å². The topological polar surface area (TPSA) is 20.2 Å². The number of rotatable bonds is 5. The van der Waals surface area contributed by atoms with Gasteiger partial charge in [0.1, 0.15) is 13.0 Å². The van der Waals surface area contributed by atoms with Crippen LogP contribution in [-0.2, 0) is 0 Å². The summed E-state index contributed by atoms with van der Waals surface area (Å²) in [5.74, 6) is 0.453. The van der Waals surface area contributed by atoms with Crippen LogP contribution in [0.25, 0.3) is 0 Å². The van der Waals surface area contributed by atoms with E-state index < -0.39 is 15.1 Å². The molecule has 0 saturated carbocycles. The molecule has 128 valence electrons. The molecule has 0 spiro atoms. The quantitative estimate of drug-likeness (QED) is 0.491. The van der Waals surface area contributed by atoms with Crippen LogP contribution < -0.4 is 15.9 Å². The maximum atomic E-state index is 11.1. The second kappa shape index (κ2) is 7.78. The van der Waals surface area contributed by atoms with Crippen molar-refractivity contribution in [2.45, 2.75) is 24.5 Å². The first-order valence-corrected chi connectivity index (χ1v) is 14.8. The second-order valence-corrected chi connectivity index (χ2v) is 18.2. The number of para-hydroxylation sites is 1. The smallest absolute Gasteiger partial charge is 0.136 e. The fourth-order valence-corrected chi connectivity index (χ4v) is 8.61. The Morgan fingerprint density at radius 3 is 1.72 bits per heavy atom. The van der Waals surface area contributed by atoms with E-state index in [0.717, 1.165) is 10.2 Å². The van der Waals surface area contributed by atoms with Crippen molar-refractivity contribution >= 4 is 42.3 Å². The minimum Gasteiger partial charge on any atom is -0.506 e. The molecule has 1 nitrogen and oxygen atoms in total. The van der Waals surface area contributed by atoms with E-state index in [4.69, 9.17) is 0 Å². The lowest BCUT2D eigenvalue weighted by Crippen LogP contribution is -2.21. The summed E-state index contributed by atoms with van der Waals surface area (Å²) in [5, 5.41) is 14.6. The molecule has 0 unspecified atom stereocenters. The lowest BCUT2D eigenvalue weighted by atomic mass is 10.3. The predicted molar refractivity (Wildman–Crippen MR) is 116 cm³/mol. The van der Waals surface area contributed by atoms with E-state index in [0.29, 0.717) is 5.75 Å². The van der Waals surface area contributed by atoms with Crippen LogP contribution in [0.5, 0.6) is 5.75 Å². The monoisotopic (exact) mass is 382 g/mol. The van der Waals surface area contributed by atoms with Gasteiger partial charge in [0, 0.05) is 10.2 Å². The van der Waals surface area contributed by atoms with Gasteiger partial charge in [0.05, 0.1) is 0 Å². The first-order valence-electron chi connectivity index (χ1n) is 8.37. The average molecular weight is 383 g/mol. The van der Waals surface area contributed by atoms with Crippen molar-refractivity contribution in [2.75, 3.05) is 0 Å². The molecule has 3 aromatic carbocycles. The van der Waals surface area contributed by atoms with Gasteiger partial charge < -0.3 is 5.11 Å². The number of phenols is 1. The fraction of sp³-hybridized carbons (Fsp3) is 0.143. The SMILES string of the molecule is C[Si](C)(C)Sc1cccc(P(c2ccccc2)c2ccccc2)c1O. The number of hydrogen-bond acceptors (Lipinski definition) is 2. The summed E-state index contributed by atoms with van der Waals surface area (Å²) < 4.78 is 0. The Balaban J connectivity index is 2.13. The van der Waals surface area contributed by atoms with Crippen molar-refractivity contribution in [2.24, 2.45) is 0 Å². The lowest BCUT2D eigenvalue weighted by molar-refractivity contribution is 0.467. The minimum atomic E-state index is -1.38. The zero-order valence-corrected chi connectivity index (χ0v) is 17.5. The van der Waals surface area contributed by atoms with E-state index in [1.54, 1.807) is 0 Å². The van der Waals surface area contributed by atoms with Crippen LogP contribution in [0.4, 0.5) is 0 Å². The molecule has 1 N–H and O–H groups in total. The average Bonchev–Trinajstić information content (AvgIpc) is 2.59. The Morgan fingerprint density at radius 1 is 0.720 bits per heavy atom. The standard InChI is InChI=1S/C21H23OPSSi/c1-25(2,3)24-20-16-10-15-19(21(20)22)23(17-11-6-4-7-12-17)18-13-8-5-9-14-18/h4-16,22H,1-3H3. The molecule has 0 heterocycles. The van der Waals surface area contributed by atoms with E-state index in [-0.39, 0.29) is 0 Å². The number of phenolic OH excluding ortho intramolecular Hbond substituents is 1. The molecule has 0 amide bonds. The fourth-order valence-electron chi connectivity index (χ4n) is 2.68. The van der Waals surface area contributed by atoms with Crippen LogP contribution in [-0.4, -0.2) is 12.3 Å². The van der Waals surface area contributed by atoms with Gasteiger partial charge in [-0.1, -0.05) is 92.4 Å². The molecule has 0 atom stereocenters. The van der Waals surface area contributed by atoms with Gasteiger partial charge in [-0.2, -0.15) is 0 Å². The Bertz CT molecular complexity index is 792. The summed E-state index contributed by atoms with van der Waals surface area (Å²) in [6.45, 7) is 6.92. The molecule has 0 aromatic heterocycles.